The number of carbonyl (C=O) groups is 1. The molecule has 29 heavy (non-hydrogen) atoms. The highest BCUT2D eigenvalue weighted by Crippen LogP contribution is 2.35. The van der Waals surface area contributed by atoms with Crippen molar-refractivity contribution in [3.63, 3.8) is 0 Å². The number of nitrogens with zero attached hydrogens (tertiary/aromatic N) is 1. The molecule has 2 aromatic carbocycles. The van der Waals surface area contributed by atoms with Crippen molar-refractivity contribution < 1.29 is 27.4 Å². The minimum absolute atomic E-state index is 0.136. The molecule has 2 aromatic rings. The molecule has 2 aliphatic rings. The zero-order valence-corrected chi connectivity index (χ0v) is 17.1. The Kier molecular flexibility index (Phi) is 5.23. The number of hydrogen-bond donors (Lipinski definition) is 0. The molecule has 0 aromatic heterocycles. The van der Waals surface area contributed by atoms with Crippen molar-refractivity contribution in [1.29, 1.82) is 0 Å². The van der Waals surface area contributed by atoms with Gasteiger partial charge in [0.1, 0.15) is 5.75 Å². The van der Waals surface area contributed by atoms with Gasteiger partial charge >= 0.3 is 5.97 Å². The van der Waals surface area contributed by atoms with Crippen molar-refractivity contribution in [2.45, 2.75) is 25.2 Å². The topological polar surface area (TPSA) is 82.1 Å². The summed E-state index contributed by atoms with van der Waals surface area (Å²) < 4.78 is 43.3. The molecular weight excluding hydrogens is 394 g/mol. The lowest BCUT2D eigenvalue weighted by atomic mass is 9.94. The normalized spacial score (nSPS) is 21.7. The van der Waals surface area contributed by atoms with Gasteiger partial charge in [0.05, 0.1) is 10.5 Å². The van der Waals surface area contributed by atoms with E-state index in [0.717, 1.165) is 6.42 Å². The molecule has 1 fully saturated rings. The number of rotatable bonds is 4. The van der Waals surface area contributed by atoms with Gasteiger partial charge in [0, 0.05) is 19.2 Å². The standard InChI is InChI=1S/C21H23NO6S/c1-14-9-15(2)12-22(11-14)29(24,25)18-6-3-16(4-7-18)21(23)28-17-5-8-19-20(10-17)27-13-26-19/h3-8,10,14-15H,9,11-13H2,1-2H3. The Balaban J connectivity index is 1.47. The minimum atomic E-state index is -3.59. The second-order valence-corrected chi connectivity index (χ2v) is 9.63. The van der Waals surface area contributed by atoms with Gasteiger partial charge in [-0.25, -0.2) is 13.2 Å². The van der Waals surface area contributed by atoms with Crippen LogP contribution in [0.2, 0.25) is 0 Å². The van der Waals surface area contributed by atoms with Crippen LogP contribution in [0.5, 0.6) is 17.2 Å². The average Bonchev–Trinajstić information content (AvgIpc) is 3.15. The monoisotopic (exact) mass is 417 g/mol. The molecule has 0 N–H and O–H groups in total. The fraction of sp³-hybridized carbons (Fsp3) is 0.381. The lowest BCUT2D eigenvalue weighted by Gasteiger charge is -2.34. The number of piperidine rings is 1. The zero-order chi connectivity index (χ0) is 20.6. The molecule has 8 heteroatoms. The third kappa shape index (κ3) is 4.09. The van der Waals surface area contributed by atoms with E-state index in [0.29, 0.717) is 42.2 Å². The minimum Gasteiger partial charge on any atom is -0.454 e. The van der Waals surface area contributed by atoms with Gasteiger partial charge in [-0.2, -0.15) is 4.31 Å². The smallest absolute Gasteiger partial charge is 0.343 e. The average molecular weight is 417 g/mol. The molecule has 0 aliphatic carbocycles. The van der Waals surface area contributed by atoms with Crippen LogP contribution < -0.4 is 14.2 Å². The van der Waals surface area contributed by atoms with Crippen molar-refractivity contribution in [3.8, 4) is 17.2 Å². The van der Waals surface area contributed by atoms with Crippen LogP contribution in [0, 0.1) is 11.8 Å². The Morgan fingerprint density at radius 2 is 1.66 bits per heavy atom. The highest BCUT2D eigenvalue weighted by molar-refractivity contribution is 7.89. The third-order valence-electron chi connectivity index (χ3n) is 5.12. The molecule has 7 nitrogen and oxygen atoms in total. The van der Waals surface area contributed by atoms with E-state index in [2.05, 4.69) is 13.8 Å². The largest absolute Gasteiger partial charge is 0.454 e. The van der Waals surface area contributed by atoms with E-state index in [-0.39, 0.29) is 17.3 Å². The van der Waals surface area contributed by atoms with E-state index in [4.69, 9.17) is 14.2 Å². The van der Waals surface area contributed by atoms with Crippen molar-refractivity contribution in [1.82, 2.24) is 4.31 Å². The Morgan fingerprint density at radius 3 is 2.34 bits per heavy atom. The first kappa shape index (κ1) is 19.7. The van der Waals surface area contributed by atoms with Crippen LogP contribution in [-0.4, -0.2) is 38.6 Å². The van der Waals surface area contributed by atoms with Crippen molar-refractivity contribution in [3.05, 3.63) is 48.0 Å². The molecule has 0 amide bonds. The van der Waals surface area contributed by atoms with E-state index in [9.17, 15) is 13.2 Å². The quantitative estimate of drug-likeness (QED) is 0.561. The number of fused-ring (bicyclic) bond motifs is 1. The van der Waals surface area contributed by atoms with Gasteiger partial charge in [-0.05, 0) is 54.7 Å². The Bertz CT molecular complexity index is 1010. The molecule has 2 heterocycles. The van der Waals surface area contributed by atoms with E-state index < -0.39 is 16.0 Å². The van der Waals surface area contributed by atoms with Crippen molar-refractivity contribution >= 4 is 16.0 Å². The summed E-state index contributed by atoms with van der Waals surface area (Å²) in [5, 5.41) is 0. The maximum Gasteiger partial charge on any atom is 0.343 e. The van der Waals surface area contributed by atoms with Crippen LogP contribution in [0.4, 0.5) is 0 Å². The fourth-order valence-electron chi connectivity index (χ4n) is 3.82. The molecule has 0 bridgehead atoms. The number of esters is 1. The summed E-state index contributed by atoms with van der Waals surface area (Å²) >= 11 is 0. The summed E-state index contributed by atoms with van der Waals surface area (Å²) in [4.78, 5) is 12.6. The van der Waals surface area contributed by atoms with Crippen LogP contribution in [0.1, 0.15) is 30.6 Å². The fourth-order valence-corrected chi connectivity index (χ4v) is 5.50. The lowest BCUT2D eigenvalue weighted by Crippen LogP contribution is -2.42. The van der Waals surface area contributed by atoms with Crippen LogP contribution >= 0.6 is 0 Å². The molecule has 1 saturated heterocycles. The number of hydrogen-bond acceptors (Lipinski definition) is 6. The highest BCUT2D eigenvalue weighted by atomic mass is 32.2. The molecule has 2 aliphatic heterocycles. The van der Waals surface area contributed by atoms with Gasteiger partial charge in [0.25, 0.3) is 0 Å². The van der Waals surface area contributed by atoms with Crippen LogP contribution in [-0.2, 0) is 10.0 Å². The van der Waals surface area contributed by atoms with E-state index in [1.54, 1.807) is 18.2 Å². The Hall–Kier alpha value is -2.58. The summed E-state index contributed by atoms with van der Waals surface area (Å²) in [5.41, 5.74) is 0.266. The van der Waals surface area contributed by atoms with Crippen molar-refractivity contribution in [2.75, 3.05) is 19.9 Å². The molecule has 0 radical (unpaired) electrons. The highest BCUT2D eigenvalue weighted by Gasteiger charge is 2.31. The predicted octanol–water partition coefficient (Wildman–Crippen LogP) is 3.30. The first-order valence-corrected chi connectivity index (χ1v) is 11.0. The van der Waals surface area contributed by atoms with Gasteiger partial charge in [-0.15, -0.1) is 0 Å². The summed E-state index contributed by atoms with van der Waals surface area (Å²) in [6.45, 7) is 5.29. The molecule has 0 saturated carbocycles. The molecule has 154 valence electrons. The third-order valence-corrected chi connectivity index (χ3v) is 6.96. The van der Waals surface area contributed by atoms with Gasteiger partial charge in [-0.1, -0.05) is 13.8 Å². The van der Waals surface area contributed by atoms with Gasteiger partial charge in [0.2, 0.25) is 16.8 Å². The summed E-state index contributed by atoms with van der Waals surface area (Å²) in [7, 11) is -3.59. The molecule has 2 atom stereocenters. The van der Waals surface area contributed by atoms with Crippen LogP contribution in [0.25, 0.3) is 0 Å². The molecule has 4 rings (SSSR count). The molecule has 0 spiro atoms. The van der Waals surface area contributed by atoms with Crippen LogP contribution in [0.15, 0.2) is 47.4 Å². The van der Waals surface area contributed by atoms with Crippen molar-refractivity contribution in [2.24, 2.45) is 11.8 Å². The van der Waals surface area contributed by atoms with E-state index >= 15 is 0 Å². The maximum atomic E-state index is 12.9. The first-order valence-electron chi connectivity index (χ1n) is 9.55. The van der Waals surface area contributed by atoms with Gasteiger partial charge in [-0.3, -0.25) is 0 Å². The second kappa shape index (κ2) is 7.68. The maximum absolute atomic E-state index is 12.9. The lowest BCUT2D eigenvalue weighted by molar-refractivity contribution is 0.0734. The zero-order valence-electron chi connectivity index (χ0n) is 16.3. The number of benzene rings is 2. The van der Waals surface area contributed by atoms with E-state index in [1.165, 1.54) is 28.6 Å². The van der Waals surface area contributed by atoms with Crippen LogP contribution in [0.3, 0.4) is 0 Å². The van der Waals surface area contributed by atoms with Gasteiger partial charge < -0.3 is 14.2 Å². The summed E-state index contributed by atoms with van der Waals surface area (Å²) in [6.07, 6.45) is 1.02. The SMILES string of the molecule is CC1CC(C)CN(S(=O)(=O)c2ccc(C(=O)Oc3ccc4c(c3)OCO4)cc2)C1. The number of carbonyl (C=O) groups excluding carboxylic acids is 1. The molecule has 2 unspecified atom stereocenters. The number of ether oxygens (including phenoxy) is 3. The molecular formula is C21H23NO6S. The predicted molar refractivity (Wildman–Crippen MR) is 106 cm³/mol. The number of sulfonamides is 1. The van der Waals surface area contributed by atoms with E-state index in [1.807, 2.05) is 0 Å². The Morgan fingerprint density at radius 1 is 1.00 bits per heavy atom. The van der Waals surface area contributed by atoms with Gasteiger partial charge in [0.15, 0.2) is 11.5 Å². The summed E-state index contributed by atoms with van der Waals surface area (Å²) in [6, 6.07) is 10.7. The first-order chi connectivity index (χ1) is 13.8. The summed E-state index contributed by atoms with van der Waals surface area (Å²) in [5.74, 6) is 1.51. The Labute approximate surface area is 170 Å². The second-order valence-electron chi connectivity index (χ2n) is 7.70.